The third kappa shape index (κ3) is 3.68. The molecule has 1 N–H and O–H groups in total. The third-order valence-corrected chi connectivity index (χ3v) is 2.79. The van der Waals surface area contributed by atoms with Gasteiger partial charge in [-0.25, -0.2) is 14.4 Å². The third-order valence-electron chi connectivity index (χ3n) is 2.79. The van der Waals surface area contributed by atoms with Crippen LogP contribution in [0.25, 0.3) is 11.3 Å². The average Bonchev–Trinajstić information content (AvgIpc) is 2.44. The van der Waals surface area contributed by atoms with Gasteiger partial charge in [-0.1, -0.05) is 6.92 Å². The molecule has 1 aromatic carbocycles. The Hall–Kier alpha value is -2.18. The number of alkyl halides is 3. The van der Waals surface area contributed by atoms with Gasteiger partial charge in [0.05, 0.1) is 11.3 Å². The van der Waals surface area contributed by atoms with Crippen LogP contribution in [0, 0.1) is 5.82 Å². The van der Waals surface area contributed by atoms with Crippen molar-refractivity contribution in [3.05, 3.63) is 42.0 Å². The Labute approximate surface area is 119 Å². The zero-order chi connectivity index (χ0) is 15.5. The summed E-state index contributed by atoms with van der Waals surface area (Å²) in [7, 11) is 0. The molecule has 0 spiro atoms. The van der Waals surface area contributed by atoms with Gasteiger partial charge in [-0.2, -0.15) is 13.2 Å². The first-order chi connectivity index (χ1) is 9.91. The Kier molecular flexibility index (Phi) is 4.40. The summed E-state index contributed by atoms with van der Waals surface area (Å²) < 4.78 is 51.4. The predicted molar refractivity (Wildman–Crippen MR) is 71.2 cm³/mol. The van der Waals surface area contributed by atoms with Gasteiger partial charge in [-0.3, -0.25) is 0 Å². The Morgan fingerprint density at radius 2 is 1.90 bits per heavy atom. The van der Waals surface area contributed by atoms with Crippen molar-refractivity contribution in [2.45, 2.75) is 19.5 Å². The van der Waals surface area contributed by atoms with Crippen molar-refractivity contribution < 1.29 is 17.6 Å². The Balaban J connectivity index is 2.38. The summed E-state index contributed by atoms with van der Waals surface area (Å²) in [4.78, 5) is 7.90. The van der Waals surface area contributed by atoms with E-state index in [0.717, 1.165) is 18.6 Å². The molecule has 112 valence electrons. The number of rotatable bonds is 4. The maximum Gasteiger partial charge on any atom is 0.419 e. The molecule has 2 rings (SSSR count). The quantitative estimate of drug-likeness (QED) is 0.863. The van der Waals surface area contributed by atoms with Crippen molar-refractivity contribution in [2.24, 2.45) is 0 Å². The number of halogens is 4. The van der Waals surface area contributed by atoms with E-state index in [1.54, 1.807) is 0 Å². The number of hydrogen-bond donors (Lipinski definition) is 1. The molecule has 0 aliphatic carbocycles. The number of aromatic nitrogens is 2. The highest BCUT2D eigenvalue weighted by atomic mass is 19.4. The van der Waals surface area contributed by atoms with E-state index in [1.807, 2.05) is 6.92 Å². The largest absolute Gasteiger partial charge is 0.419 e. The molecular weight excluding hydrogens is 286 g/mol. The second kappa shape index (κ2) is 6.07. The van der Waals surface area contributed by atoms with E-state index in [2.05, 4.69) is 15.3 Å². The van der Waals surface area contributed by atoms with Gasteiger partial charge < -0.3 is 5.32 Å². The van der Waals surface area contributed by atoms with Gasteiger partial charge in [0.1, 0.15) is 18.0 Å². The fourth-order valence-electron chi connectivity index (χ4n) is 1.77. The summed E-state index contributed by atoms with van der Waals surface area (Å²) >= 11 is 0. The van der Waals surface area contributed by atoms with Crippen molar-refractivity contribution in [2.75, 3.05) is 11.9 Å². The van der Waals surface area contributed by atoms with Gasteiger partial charge in [-0.15, -0.1) is 0 Å². The lowest BCUT2D eigenvalue weighted by Gasteiger charge is -2.10. The van der Waals surface area contributed by atoms with E-state index in [-0.39, 0.29) is 5.56 Å². The lowest BCUT2D eigenvalue weighted by Crippen LogP contribution is -2.08. The Morgan fingerprint density at radius 1 is 1.14 bits per heavy atom. The molecule has 0 saturated carbocycles. The predicted octanol–water partition coefficient (Wildman–Crippen LogP) is 4.12. The van der Waals surface area contributed by atoms with Crippen LogP contribution in [-0.2, 0) is 6.18 Å². The molecule has 1 aromatic heterocycles. The highest BCUT2D eigenvalue weighted by Crippen LogP contribution is 2.34. The molecule has 21 heavy (non-hydrogen) atoms. The fourth-order valence-corrected chi connectivity index (χ4v) is 1.77. The van der Waals surface area contributed by atoms with Gasteiger partial charge >= 0.3 is 6.18 Å². The minimum absolute atomic E-state index is 0.186. The van der Waals surface area contributed by atoms with Crippen LogP contribution in [0.3, 0.4) is 0 Å². The van der Waals surface area contributed by atoms with Crippen LogP contribution in [0.5, 0.6) is 0 Å². The molecule has 0 radical (unpaired) electrons. The summed E-state index contributed by atoms with van der Waals surface area (Å²) in [6.07, 6.45) is -2.60. The van der Waals surface area contributed by atoms with Gasteiger partial charge in [0.25, 0.3) is 0 Å². The van der Waals surface area contributed by atoms with Crippen molar-refractivity contribution in [3.8, 4) is 11.3 Å². The molecule has 3 nitrogen and oxygen atoms in total. The van der Waals surface area contributed by atoms with Crippen molar-refractivity contribution in [1.82, 2.24) is 9.97 Å². The van der Waals surface area contributed by atoms with Gasteiger partial charge in [-0.05, 0) is 24.6 Å². The number of nitrogens with one attached hydrogen (secondary N) is 1. The van der Waals surface area contributed by atoms with Crippen LogP contribution in [0.4, 0.5) is 23.4 Å². The maximum atomic E-state index is 13.3. The van der Waals surface area contributed by atoms with E-state index >= 15 is 0 Å². The molecule has 2 aromatic rings. The normalized spacial score (nSPS) is 11.5. The van der Waals surface area contributed by atoms with Gasteiger partial charge in [0.15, 0.2) is 0 Å². The van der Waals surface area contributed by atoms with Crippen molar-refractivity contribution in [1.29, 1.82) is 0 Å². The van der Waals surface area contributed by atoms with E-state index in [4.69, 9.17) is 0 Å². The Morgan fingerprint density at radius 3 is 2.57 bits per heavy atom. The number of nitrogens with zero attached hydrogens (tertiary/aromatic N) is 2. The first kappa shape index (κ1) is 15.2. The second-order valence-electron chi connectivity index (χ2n) is 4.41. The van der Waals surface area contributed by atoms with Gasteiger partial charge in [0.2, 0.25) is 0 Å². The van der Waals surface area contributed by atoms with Crippen LogP contribution in [0.1, 0.15) is 18.9 Å². The first-order valence-electron chi connectivity index (χ1n) is 6.35. The Bertz CT molecular complexity index is 626. The van der Waals surface area contributed by atoms with E-state index in [9.17, 15) is 17.6 Å². The summed E-state index contributed by atoms with van der Waals surface area (Å²) in [6, 6.07) is 4.33. The number of hydrogen-bond acceptors (Lipinski definition) is 3. The summed E-state index contributed by atoms with van der Waals surface area (Å²) in [5, 5.41) is 3.01. The van der Waals surface area contributed by atoms with Crippen LogP contribution in [-0.4, -0.2) is 16.5 Å². The zero-order valence-electron chi connectivity index (χ0n) is 11.2. The molecule has 0 saturated heterocycles. The van der Waals surface area contributed by atoms with E-state index in [0.29, 0.717) is 18.1 Å². The first-order valence-corrected chi connectivity index (χ1v) is 6.35. The maximum absolute atomic E-state index is 13.3. The molecule has 1 heterocycles. The lowest BCUT2D eigenvalue weighted by molar-refractivity contribution is -0.139. The van der Waals surface area contributed by atoms with E-state index in [1.165, 1.54) is 18.5 Å². The fraction of sp³-hybridized carbons (Fsp3) is 0.286. The molecule has 0 amide bonds. The lowest BCUT2D eigenvalue weighted by atomic mass is 10.1. The highest BCUT2D eigenvalue weighted by molar-refractivity contribution is 5.63. The molecule has 0 aliphatic heterocycles. The standard InChI is InChI=1S/C14H13F4N3/c1-2-5-19-13-7-12(20-8-21-13)9-3-4-11(15)10(6-9)14(16,17)18/h3-4,6-8H,2,5H2,1H3,(H,19,20,21). The molecule has 0 bridgehead atoms. The van der Waals surface area contributed by atoms with Crippen LogP contribution >= 0.6 is 0 Å². The SMILES string of the molecule is CCCNc1cc(-c2ccc(F)c(C(F)(F)F)c2)ncn1. The van der Waals surface area contributed by atoms with Crippen molar-refractivity contribution in [3.63, 3.8) is 0 Å². The minimum atomic E-state index is -4.74. The number of benzene rings is 1. The summed E-state index contributed by atoms with van der Waals surface area (Å²) in [5.41, 5.74) is -0.818. The number of anilines is 1. The smallest absolute Gasteiger partial charge is 0.370 e. The van der Waals surface area contributed by atoms with Crippen LogP contribution in [0.2, 0.25) is 0 Å². The minimum Gasteiger partial charge on any atom is -0.370 e. The monoisotopic (exact) mass is 299 g/mol. The van der Waals surface area contributed by atoms with Crippen LogP contribution in [0.15, 0.2) is 30.6 Å². The highest BCUT2D eigenvalue weighted by Gasteiger charge is 2.34. The molecule has 7 heteroatoms. The van der Waals surface area contributed by atoms with Gasteiger partial charge in [0, 0.05) is 18.2 Å². The molecule has 0 unspecified atom stereocenters. The summed E-state index contributed by atoms with van der Waals surface area (Å²) in [5.74, 6) is -0.788. The van der Waals surface area contributed by atoms with Crippen LogP contribution < -0.4 is 5.32 Å². The topological polar surface area (TPSA) is 37.8 Å². The molecule has 0 atom stereocenters. The zero-order valence-corrected chi connectivity index (χ0v) is 11.2. The average molecular weight is 299 g/mol. The van der Waals surface area contributed by atoms with Crippen molar-refractivity contribution >= 4 is 5.82 Å². The molecule has 0 fully saturated rings. The molecular formula is C14H13F4N3. The van der Waals surface area contributed by atoms with E-state index < -0.39 is 17.6 Å². The second-order valence-corrected chi connectivity index (χ2v) is 4.41. The molecule has 0 aliphatic rings. The summed E-state index contributed by atoms with van der Waals surface area (Å²) in [6.45, 7) is 2.67.